The minimum Gasteiger partial charge on any atom is -0.497 e. The lowest BCUT2D eigenvalue weighted by molar-refractivity contribution is -0.138. The van der Waals surface area contributed by atoms with Crippen LogP contribution >= 0.6 is 0 Å². The fourth-order valence-corrected chi connectivity index (χ4v) is 4.24. The number of fused-ring (bicyclic) bond motifs is 3. The van der Waals surface area contributed by atoms with Gasteiger partial charge in [-0.05, 0) is 66.6 Å². The van der Waals surface area contributed by atoms with Crippen LogP contribution in [-0.2, 0) is 9.53 Å². The molecule has 1 aromatic heterocycles. The molecule has 1 aliphatic heterocycles. The average Bonchev–Trinajstić information content (AvgIpc) is 3.21. The van der Waals surface area contributed by atoms with E-state index < -0.39 is 12.0 Å². The predicted molar refractivity (Wildman–Crippen MR) is 124 cm³/mol. The second kappa shape index (κ2) is 8.43. The molecule has 33 heavy (non-hydrogen) atoms. The zero-order valence-electron chi connectivity index (χ0n) is 18.2. The van der Waals surface area contributed by atoms with Crippen LogP contribution in [0.15, 0.2) is 78.4 Å². The number of halogens is 1. The highest BCUT2D eigenvalue weighted by Crippen LogP contribution is 2.42. The van der Waals surface area contributed by atoms with Crippen LogP contribution in [0.5, 0.6) is 5.75 Å². The van der Waals surface area contributed by atoms with Crippen molar-refractivity contribution in [1.82, 2.24) is 9.55 Å². The largest absolute Gasteiger partial charge is 0.497 e. The Kier molecular flexibility index (Phi) is 5.30. The number of methoxy groups -OCH3 is 1. The number of benzene rings is 3. The number of rotatable bonds is 5. The summed E-state index contributed by atoms with van der Waals surface area (Å²) in [7, 11) is 1.60. The smallest absolute Gasteiger partial charge is 0.338 e. The fraction of sp³-hybridized carbons (Fsp3) is 0.154. The highest BCUT2D eigenvalue weighted by Gasteiger charge is 2.36. The molecule has 1 atom stereocenters. The molecule has 1 unspecified atom stereocenters. The molecule has 4 aromatic rings. The van der Waals surface area contributed by atoms with Crippen LogP contribution in [0.3, 0.4) is 0 Å². The van der Waals surface area contributed by atoms with Gasteiger partial charge >= 0.3 is 5.97 Å². The van der Waals surface area contributed by atoms with E-state index in [0.717, 1.165) is 16.6 Å². The molecule has 7 heteroatoms. The summed E-state index contributed by atoms with van der Waals surface area (Å²) in [4.78, 5) is 18.1. The molecule has 0 saturated carbocycles. The van der Waals surface area contributed by atoms with Gasteiger partial charge in [-0.2, -0.15) is 0 Å². The van der Waals surface area contributed by atoms with Crippen LogP contribution in [0.25, 0.3) is 16.7 Å². The Morgan fingerprint density at radius 1 is 1.09 bits per heavy atom. The first-order valence-corrected chi connectivity index (χ1v) is 10.7. The Morgan fingerprint density at radius 2 is 1.88 bits per heavy atom. The van der Waals surface area contributed by atoms with Gasteiger partial charge in [-0.15, -0.1) is 0 Å². The van der Waals surface area contributed by atoms with Crippen LogP contribution in [0.2, 0.25) is 0 Å². The number of nitrogens with zero attached hydrogens (tertiary/aromatic N) is 2. The van der Waals surface area contributed by atoms with Gasteiger partial charge in [0.2, 0.25) is 5.95 Å². The summed E-state index contributed by atoms with van der Waals surface area (Å²) in [5, 5.41) is 3.34. The molecule has 0 bridgehead atoms. The third kappa shape index (κ3) is 3.61. The third-order valence-corrected chi connectivity index (χ3v) is 5.67. The number of esters is 1. The molecule has 6 nitrogen and oxygen atoms in total. The Labute approximate surface area is 190 Å². The molecule has 0 amide bonds. The monoisotopic (exact) mass is 443 g/mol. The van der Waals surface area contributed by atoms with Crippen molar-refractivity contribution < 1.29 is 18.7 Å². The van der Waals surface area contributed by atoms with Crippen molar-refractivity contribution in [1.29, 1.82) is 0 Å². The summed E-state index contributed by atoms with van der Waals surface area (Å²) < 4.78 is 27.0. The maximum absolute atomic E-state index is 14.3. The van der Waals surface area contributed by atoms with Crippen molar-refractivity contribution in [2.45, 2.75) is 13.0 Å². The van der Waals surface area contributed by atoms with Crippen LogP contribution in [-0.4, -0.2) is 29.2 Å². The lowest BCUT2D eigenvalue weighted by Gasteiger charge is -2.31. The molecule has 0 saturated heterocycles. The Morgan fingerprint density at radius 3 is 2.61 bits per heavy atom. The highest BCUT2D eigenvalue weighted by molar-refractivity contribution is 6.03. The van der Waals surface area contributed by atoms with Gasteiger partial charge in [0.1, 0.15) is 11.6 Å². The number of nitrogens with one attached hydrogen (secondary N) is 1. The summed E-state index contributed by atoms with van der Waals surface area (Å²) in [6.07, 6.45) is 0. The van der Waals surface area contributed by atoms with Crippen molar-refractivity contribution in [2.75, 3.05) is 19.0 Å². The summed E-state index contributed by atoms with van der Waals surface area (Å²) in [5.74, 6) is 0.394. The number of carbonyl (C=O) groups excluding carboxylic acids is 1. The van der Waals surface area contributed by atoms with Crippen LogP contribution in [0.4, 0.5) is 10.3 Å². The second-order valence-corrected chi connectivity index (χ2v) is 7.61. The normalized spacial score (nSPS) is 15.2. The summed E-state index contributed by atoms with van der Waals surface area (Å²) in [6, 6.07) is 20.7. The van der Waals surface area contributed by atoms with Gasteiger partial charge in [-0.25, -0.2) is 14.2 Å². The number of ether oxygens (including phenoxy) is 2. The number of para-hydroxylation sites is 2. The van der Waals surface area contributed by atoms with Gasteiger partial charge in [-0.3, -0.25) is 4.57 Å². The van der Waals surface area contributed by atoms with Gasteiger partial charge < -0.3 is 14.8 Å². The van der Waals surface area contributed by atoms with E-state index in [1.807, 2.05) is 59.2 Å². The van der Waals surface area contributed by atoms with E-state index in [0.29, 0.717) is 28.5 Å². The number of imidazole rings is 1. The lowest BCUT2D eigenvalue weighted by Crippen LogP contribution is -2.29. The summed E-state index contributed by atoms with van der Waals surface area (Å²) in [6.45, 7) is 1.97. The quantitative estimate of drug-likeness (QED) is 0.431. The number of carbonyl (C=O) groups is 1. The molecule has 0 aliphatic carbocycles. The minimum atomic E-state index is -0.638. The topological polar surface area (TPSA) is 65.4 Å². The molecular formula is C26H22FN3O3. The molecule has 2 heterocycles. The summed E-state index contributed by atoms with van der Waals surface area (Å²) in [5.41, 5.74) is 3.91. The zero-order valence-corrected chi connectivity index (χ0v) is 18.2. The van der Waals surface area contributed by atoms with E-state index in [-0.39, 0.29) is 12.4 Å². The molecule has 1 aliphatic rings. The van der Waals surface area contributed by atoms with E-state index in [1.165, 1.54) is 12.1 Å². The number of hydrogen-bond acceptors (Lipinski definition) is 5. The fourth-order valence-electron chi connectivity index (χ4n) is 4.24. The predicted octanol–water partition coefficient (Wildman–Crippen LogP) is 5.17. The molecule has 166 valence electrons. The molecule has 0 fully saturated rings. The number of aromatic nitrogens is 2. The molecular weight excluding hydrogens is 421 g/mol. The van der Waals surface area contributed by atoms with Gasteiger partial charge in [0.15, 0.2) is 0 Å². The van der Waals surface area contributed by atoms with Crippen molar-refractivity contribution in [3.05, 3.63) is 95.3 Å². The first-order valence-electron chi connectivity index (χ1n) is 10.7. The molecule has 0 radical (unpaired) electrons. The van der Waals surface area contributed by atoms with E-state index >= 15 is 0 Å². The molecule has 3 aromatic carbocycles. The van der Waals surface area contributed by atoms with Crippen molar-refractivity contribution in [2.24, 2.45) is 0 Å². The summed E-state index contributed by atoms with van der Waals surface area (Å²) >= 11 is 0. The first-order chi connectivity index (χ1) is 16.1. The molecule has 5 rings (SSSR count). The van der Waals surface area contributed by atoms with E-state index in [4.69, 9.17) is 14.5 Å². The van der Waals surface area contributed by atoms with Crippen molar-refractivity contribution >= 4 is 28.6 Å². The van der Waals surface area contributed by atoms with Crippen molar-refractivity contribution in [3.63, 3.8) is 0 Å². The van der Waals surface area contributed by atoms with Gasteiger partial charge in [-0.1, -0.05) is 24.3 Å². The number of anilines is 1. The Balaban J connectivity index is 1.81. The van der Waals surface area contributed by atoms with E-state index in [9.17, 15) is 9.18 Å². The SMILES string of the molecule is CCOC(=O)C1=C(c2ccc(OC)cc2)Nc2nc3ccccc3n2C1c1cccc(F)c1. The highest BCUT2D eigenvalue weighted by atomic mass is 19.1. The third-order valence-electron chi connectivity index (χ3n) is 5.67. The van der Waals surface area contributed by atoms with Crippen LogP contribution < -0.4 is 10.1 Å². The van der Waals surface area contributed by atoms with E-state index in [1.54, 1.807) is 20.1 Å². The van der Waals surface area contributed by atoms with Gasteiger partial charge in [0.25, 0.3) is 0 Å². The van der Waals surface area contributed by atoms with Crippen molar-refractivity contribution in [3.8, 4) is 5.75 Å². The van der Waals surface area contributed by atoms with Crippen LogP contribution in [0, 0.1) is 5.82 Å². The molecule has 1 N–H and O–H groups in total. The zero-order chi connectivity index (χ0) is 22.9. The second-order valence-electron chi connectivity index (χ2n) is 7.61. The maximum atomic E-state index is 14.3. The first kappa shape index (κ1) is 20.8. The molecule has 0 spiro atoms. The maximum Gasteiger partial charge on any atom is 0.338 e. The van der Waals surface area contributed by atoms with E-state index in [2.05, 4.69) is 5.32 Å². The van der Waals surface area contributed by atoms with Gasteiger partial charge in [0, 0.05) is 0 Å². The standard InChI is InChI=1S/C26H22FN3O3/c1-3-33-25(31)22-23(16-11-13-19(32-2)14-12-16)29-26-28-20-9-4-5-10-21(20)30(26)24(22)17-7-6-8-18(27)15-17/h4-15,24H,3H2,1-2H3,(H,28,29). The van der Waals surface area contributed by atoms with Gasteiger partial charge in [0.05, 0.1) is 42.1 Å². The Bertz CT molecular complexity index is 1380. The minimum absolute atomic E-state index is 0.214. The Hall–Kier alpha value is -4.13. The lowest BCUT2D eigenvalue weighted by atomic mass is 9.92. The number of hydrogen-bond donors (Lipinski definition) is 1. The average molecular weight is 443 g/mol. The van der Waals surface area contributed by atoms with Crippen LogP contribution in [0.1, 0.15) is 24.1 Å².